The minimum atomic E-state index is 0.394. The van der Waals surface area contributed by atoms with Crippen molar-refractivity contribution in [3.05, 3.63) is 38.6 Å². The molecule has 0 atom stereocenters. The monoisotopic (exact) mass is 345 g/mol. The van der Waals surface area contributed by atoms with Crippen LogP contribution in [0.5, 0.6) is 0 Å². The predicted octanol–water partition coefficient (Wildman–Crippen LogP) is 4.34. The topological polar surface area (TPSA) is 75.9 Å². The fraction of sp³-hybridized carbons (Fsp3) is 0.231. The number of aromatic nitrogens is 2. The third kappa shape index (κ3) is 3.49. The van der Waals surface area contributed by atoms with Crippen LogP contribution >= 0.6 is 34.8 Å². The number of rotatable bonds is 4. The van der Waals surface area contributed by atoms with E-state index in [9.17, 15) is 0 Å². The average Bonchev–Trinajstić information content (AvgIpc) is 2.46. The third-order valence-corrected chi connectivity index (χ3v) is 3.94. The van der Waals surface area contributed by atoms with Gasteiger partial charge in [-0.2, -0.15) is 0 Å². The molecule has 2 aromatic rings. The van der Waals surface area contributed by atoms with Crippen LogP contribution in [0.15, 0.2) is 12.1 Å². The molecule has 0 bridgehead atoms. The molecule has 2 rings (SSSR count). The smallest absolute Gasteiger partial charge is 0.148 e. The van der Waals surface area contributed by atoms with Gasteiger partial charge in [-0.05, 0) is 19.1 Å². The van der Waals surface area contributed by atoms with Crippen LogP contribution in [-0.2, 0) is 6.42 Å². The molecule has 0 saturated carbocycles. The van der Waals surface area contributed by atoms with Crippen molar-refractivity contribution in [3.63, 3.8) is 0 Å². The van der Waals surface area contributed by atoms with Crippen LogP contribution in [0.2, 0.25) is 15.1 Å². The maximum atomic E-state index is 6.16. The zero-order chi connectivity index (χ0) is 15.6. The van der Waals surface area contributed by atoms with Crippen LogP contribution in [0.25, 0.3) is 0 Å². The Labute approximate surface area is 137 Å². The fourth-order valence-electron chi connectivity index (χ4n) is 1.73. The minimum absolute atomic E-state index is 0.394. The van der Waals surface area contributed by atoms with Crippen molar-refractivity contribution in [1.29, 1.82) is 0 Å². The van der Waals surface area contributed by atoms with Gasteiger partial charge in [0.15, 0.2) is 0 Å². The summed E-state index contributed by atoms with van der Waals surface area (Å²) >= 11 is 18.1. The summed E-state index contributed by atoms with van der Waals surface area (Å²) in [7, 11) is 0. The summed E-state index contributed by atoms with van der Waals surface area (Å²) in [5, 5.41) is 4.38. The average molecular weight is 347 g/mol. The minimum Gasteiger partial charge on any atom is -0.339 e. The molecule has 4 N–H and O–H groups in total. The van der Waals surface area contributed by atoms with E-state index >= 15 is 0 Å². The fourth-order valence-corrected chi connectivity index (χ4v) is 2.32. The van der Waals surface area contributed by atoms with Crippen LogP contribution in [-0.4, -0.2) is 9.97 Å². The van der Waals surface area contributed by atoms with Crippen LogP contribution in [0, 0.1) is 6.92 Å². The molecular formula is C13H14Cl3N5. The maximum Gasteiger partial charge on any atom is 0.148 e. The number of benzene rings is 1. The lowest BCUT2D eigenvalue weighted by Crippen LogP contribution is -2.14. The van der Waals surface area contributed by atoms with E-state index in [2.05, 4.69) is 20.7 Å². The molecule has 0 unspecified atom stereocenters. The van der Waals surface area contributed by atoms with Gasteiger partial charge in [-0.1, -0.05) is 41.7 Å². The van der Waals surface area contributed by atoms with Gasteiger partial charge in [-0.15, -0.1) is 0 Å². The molecule has 1 heterocycles. The van der Waals surface area contributed by atoms with E-state index in [4.69, 9.17) is 40.6 Å². The summed E-state index contributed by atoms with van der Waals surface area (Å²) in [5.74, 6) is 7.30. The van der Waals surface area contributed by atoms with Gasteiger partial charge in [0, 0.05) is 12.0 Å². The number of hydrazine groups is 1. The Bertz CT molecular complexity index is 675. The van der Waals surface area contributed by atoms with E-state index < -0.39 is 0 Å². The largest absolute Gasteiger partial charge is 0.339 e. The zero-order valence-electron chi connectivity index (χ0n) is 11.5. The Morgan fingerprint density at radius 2 is 1.67 bits per heavy atom. The highest BCUT2D eigenvalue weighted by Crippen LogP contribution is 2.34. The van der Waals surface area contributed by atoms with Crippen molar-refractivity contribution >= 4 is 52.1 Å². The summed E-state index contributed by atoms with van der Waals surface area (Å²) in [6, 6.07) is 3.22. The second-order valence-corrected chi connectivity index (χ2v) is 5.55. The van der Waals surface area contributed by atoms with E-state index in [0.717, 1.165) is 5.56 Å². The van der Waals surface area contributed by atoms with Crippen LogP contribution in [0.4, 0.5) is 17.3 Å². The van der Waals surface area contributed by atoms with Crippen LogP contribution < -0.4 is 16.6 Å². The number of hydrogen-bond acceptors (Lipinski definition) is 5. The van der Waals surface area contributed by atoms with Crippen molar-refractivity contribution in [2.75, 3.05) is 10.7 Å². The molecule has 0 spiro atoms. The normalized spacial score (nSPS) is 10.6. The molecule has 8 heteroatoms. The van der Waals surface area contributed by atoms with Gasteiger partial charge in [0.1, 0.15) is 17.5 Å². The lowest BCUT2D eigenvalue weighted by Gasteiger charge is -2.14. The second kappa shape index (κ2) is 6.66. The molecule has 0 aliphatic carbocycles. The summed E-state index contributed by atoms with van der Waals surface area (Å²) in [6.45, 7) is 3.81. The highest BCUT2D eigenvalue weighted by Gasteiger charge is 2.12. The molecule has 1 aromatic carbocycles. The van der Waals surface area contributed by atoms with E-state index in [-0.39, 0.29) is 0 Å². The van der Waals surface area contributed by atoms with Crippen molar-refractivity contribution in [3.8, 4) is 0 Å². The van der Waals surface area contributed by atoms with E-state index in [1.807, 2.05) is 13.8 Å². The molecule has 0 aliphatic rings. The molecule has 0 amide bonds. The lowest BCUT2D eigenvalue weighted by atomic mass is 10.2. The molecule has 21 heavy (non-hydrogen) atoms. The van der Waals surface area contributed by atoms with E-state index in [1.165, 1.54) is 0 Å². The summed E-state index contributed by atoms with van der Waals surface area (Å²) in [5.41, 5.74) is 3.94. The number of aryl methyl sites for hydroxylation is 1. The number of nitrogens with two attached hydrogens (primary N) is 1. The SMILES string of the molecule is CCc1nc(NN)c(C)c(Nc2cc(Cl)c(Cl)cc2Cl)n1. The molecular weight excluding hydrogens is 333 g/mol. The maximum absolute atomic E-state index is 6.16. The highest BCUT2D eigenvalue weighted by molar-refractivity contribution is 6.44. The Morgan fingerprint density at radius 3 is 2.29 bits per heavy atom. The van der Waals surface area contributed by atoms with Gasteiger partial charge < -0.3 is 10.7 Å². The number of hydrogen-bond donors (Lipinski definition) is 3. The van der Waals surface area contributed by atoms with Gasteiger partial charge in [0.25, 0.3) is 0 Å². The predicted molar refractivity (Wildman–Crippen MR) is 88.7 cm³/mol. The van der Waals surface area contributed by atoms with Crippen molar-refractivity contribution in [2.24, 2.45) is 5.84 Å². The standard InChI is InChI=1S/C13H14Cl3N5/c1-3-11-19-12(6(2)13(20-11)21-17)18-10-5-8(15)7(14)4-9(10)16/h4-5H,3,17H2,1-2H3,(H2,18,19,20,21). The van der Waals surface area contributed by atoms with Crippen LogP contribution in [0.1, 0.15) is 18.3 Å². The van der Waals surface area contributed by atoms with Gasteiger partial charge >= 0.3 is 0 Å². The number of anilines is 3. The second-order valence-electron chi connectivity index (χ2n) is 4.33. The third-order valence-electron chi connectivity index (χ3n) is 2.91. The quantitative estimate of drug-likeness (QED) is 0.436. The molecule has 1 aromatic heterocycles. The van der Waals surface area contributed by atoms with Gasteiger partial charge in [-0.3, -0.25) is 0 Å². The summed E-state index contributed by atoms with van der Waals surface area (Å²) < 4.78 is 0. The highest BCUT2D eigenvalue weighted by atomic mass is 35.5. The Morgan fingerprint density at radius 1 is 1.05 bits per heavy atom. The van der Waals surface area contributed by atoms with Crippen LogP contribution in [0.3, 0.4) is 0 Å². The van der Waals surface area contributed by atoms with Crippen molar-refractivity contribution in [2.45, 2.75) is 20.3 Å². The molecule has 0 saturated heterocycles. The lowest BCUT2D eigenvalue weighted by molar-refractivity contribution is 0.932. The Kier molecular flexibility index (Phi) is 5.11. The molecule has 0 fully saturated rings. The first-order valence-electron chi connectivity index (χ1n) is 6.22. The van der Waals surface area contributed by atoms with E-state index in [0.29, 0.717) is 44.6 Å². The van der Waals surface area contributed by atoms with Crippen molar-refractivity contribution < 1.29 is 0 Å². The summed E-state index contributed by atoms with van der Waals surface area (Å²) in [4.78, 5) is 8.73. The first-order valence-corrected chi connectivity index (χ1v) is 7.35. The molecule has 0 aliphatic heterocycles. The van der Waals surface area contributed by atoms with Gasteiger partial charge in [-0.25, -0.2) is 15.8 Å². The molecule has 112 valence electrons. The Balaban J connectivity index is 2.46. The van der Waals surface area contributed by atoms with Gasteiger partial charge in [0.2, 0.25) is 0 Å². The summed E-state index contributed by atoms with van der Waals surface area (Å²) in [6.07, 6.45) is 0.679. The number of nitrogens with zero attached hydrogens (tertiary/aromatic N) is 2. The first-order chi connectivity index (χ1) is 9.96. The number of nitrogen functional groups attached to an aromatic ring is 1. The van der Waals surface area contributed by atoms with Gasteiger partial charge in [0.05, 0.1) is 20.8 Å². The number of halogens is 3. The molecule has 5 nitrogen and oxygen atoms in total. The molecule has 0 radical (unpaired) electrons. The van der Waals surface area contributed by atoms with Crippen molar-refractivity contribution in [1.82, 2.24) is 9.97 Å². The first kappa shape index (κ1) is 16.1. The Hall–Kier alpha value is -1.27. The van der Waals surface area contributed by atoms with E-state index in [1.54, 1.807) is 12.1 Å². The zero-order valence-corrected chi connectivity index (χ0v) is 13.7. The number of nitrogens with one attached hydrogen (secondary N) is 2.